The highest BCUT2D eigenvalue weighted by molar-refractivity contribution is 5.72. The maximum absolute atomic E-state index is 13.1. The Labute approximate surface area is 145 Å². The lowest BCUT2D eigenvalue weighted by Gasteiger charge is -2.15. The number of aryl methyl sites for hydroxylation is 1. The van der Waals surface area contributed by atoms with Gasteiger partial charge in [0.25, 0.3) is 5.56 Å². The molecule has 0 spiro atoms. The van der Waals surface area contributed by atoms with E-state index in [0.717, 1.165) is 11.3 Å². The van der Waals surface area contributed by atoms with E-state index in [4.69, 9.17) is 0 Å². The quantitative estimate of drug-likeness (QED) is 0.672. The molecule has 1 aromatic carbocycles. The molecule has 2 heterocycles. The zero-order valence-corrected chi connectivity index (χ0v) is 14.8. The molecule has 0 aliphatic rings. The van der Waals surface area contributed by atoms with Crippen molar-refractivity contribution in [2.75, 3.05) is 0 Å². The van der Waals surface area contributed by atoms with Gasteiger partial charge in [-0.3, -0.25) is 9.36 Å². The van der Waals surface area contributed by atoms with Gasteiger partial charge < -0.3 is 4.57 Å². The summed E-state index contributed by atoms with van der Waals surface area (Å²) in [6.07, 6.45) is 3.29. The highest BCUT2D eigenvalue weighted by atomic mass is 16.2. The molecule has 130 valence electrons. The molecule has 0 atom stereocenters. The number of rotatable bonds is 5. The average molecular weight is 338 g/mol. The Morgan fingerprint density at radius 2 is 1.96 bits per heavy atom. The fourth-order valence-corrected chi connectivity index (χ4v) is 3.01. The van der Waals surface area contributed by atoms with Gasteiger partial charge in [-0.25, -0.2) is 14.3 Å². The van der Waals surface area contributed by atoms with Gasteiger partial charge in [0.1, 0.15) is 0 Å². The Hall–Kier alpha value is -2.89. The third-order valence-electron chi connectivity index (χ3n) is 4.13. The van der Waals surface area contributed by atoms with Crippen molar-refractivity contribution in [2.45, 2.75) is 33.9 Å². The van der Waals surface area contributed by atoms with Gasteiger partial charge in [0.2, 0.25) is 0 Å². The number of hydrogen-bond acceptors (Lipinski definition) is 3. The van der Waals surface area contributed by atoms with Crippen LogP contribution in [0.4, 0.5) is 0 Å². The highest BCUT2D eigenvalue weighted by Gasteiger charge is 2.20. The number of fused-ring (bicyclic) bond motifs is 1. The van der Waals surface area contributed by atoms with E-state index < -0.39 is 0 Å². The summed E-state index contributed by atoms with van der Waals surface area (Å²) in [5, 5.41) is 0. The van der Waals surface area contributed by atoms with Gasteiger partial charge in [-0.05, 0) is 24.5 Å². The van der Waals surface area contributed by atoms with E-state index in [-0.39, 0.29) is 17.2 Å². The van der Waals surface area contributed by atoms with Crippen LogP contribution in [0.15, 0.2) is 52.8 Å². The first kappa shape index (κ1) is 17.0. The Kier molecular flexibility index (Phi) is 4.44. The van der Waals surface area contributed by atoms with Gasteiger partial charge in [0.15, 0.2) is 11.2 Å². The molecule has 0 saturated carbocycles. The van der Waals surface area contributed by atoms with Crippen molar-refractivity contribution in [1.82, 2.24) is 18.7 Å². The minimum atomic E-state index is -0.357. The van der Waals surface area contributed by atoms with E-state index in [0.29, 0.717) is 24.3 Å². The summed E-state index contributed by atoms with van der Waals surface area (Å²) >= 11 is 0. The second kappa shape index (κ2) is 6.55. The molecular formula is C19H22N4O2. The molecule has 0 bridgehead atoms. The SMILES string of the molecule is C=CCn1cnc2c1c(=O)n(CC(C)C)c(=O)n2-c1ccccc1C. The van der Waals surface area contributed by atoms with E-state index in [9.17, 15) is 9.59 Å². The Balaban J connectivity index is 2.47. The molecule has 0 aliphatic heterocycles. The third kappa shape index (κ3) is 2.84. The molecule has 3 aromatic rings. The first-order valence-corrected chi connectivity index (χ1v) is 8.33. The maximum atomic E-state index is 13.1. The number of nitrogens with zero attached hydrogens (tertiary/aromatic N) is 4. The van der Waals surface area contributed by atoms with Gasteiger partial charge in [-0.15, -0.1) is 6.58 Å². The second-order valence-corrected chi connectivity index (χ2v) is 6.57. The lowest BCUT2D eigenvalue weighted by Crippen LogP contribution is -2.41. The van der Waals surface area contributed by atoms with Crippen LogP contribution in [0.5, 0.6) is 0 Å². The molecule has 3 rings (SSSR count). The fraction of sp³-hybridized carbons (Fsp3) is 0.316. The molecule has 0 fully saturated rings. The fourth-order valence-electron chi connectivity index (χ4n) is 3.01. The van der Waals surface area contributed by atoms with E-state index in [1.807, 2.05) is 45.0 Å². The van der Waals surface area contributed by atoms with Crippen molar-refractivity contribution >= 4 is 11.2 Å². The molecule has 0 radical (unpaired) electrons. The number of hydrogen-bond donors (Lipinski definition) is 0. The largest absolute Gasteiger partial charge is 0.337 e. The molecule has 6 heteroatoms. The lowest BCUT2D eigenvalue weighted by atomic mass is 10.2. The number of aromatic nitrogens is 4. The number of para-hydroxylation sites is 1. The van der Waals surface area contributed by atoms with Crippen LogP contribution in [0, 0.1) is 12.8 Å². The molecular weight excluding hydrogens is 316 g/mol. The van der Waals surface area contributed by atoms with Crippen molar-refractivity contribution in [3.63, 3.8) is 0 Å². The molecule has 6 nitrogen and oxygen atoms in total. The predicted molar refractivity (Wildman–Crippen MR) is 99.4 cm³/mol. The minimum absolute atomic E-state index is 0.170. The Morgan fingerprint density at radius 1 is 1.24 bits per heavy atom. The molecule has 0 saturated heterocycles. The molecule has 0 N–H and O–H groups in total. The Bertz CT molecular complexity index is 1050. The van der Waals surface area contributed by atoms with Crippen LogP contribution < -0.4 is 11.2 Å². The van der Waals surface area contributed by atoms with Crippen LogP contribution in [-0.2, 0) is 13.1 Å². The monoisotopic (exact) mass is 338 g/mol. The molecule has 0 unspecified atom stereocenters. The number of imidazole rings is 1. The summed E-state index contributed by atoms with van der Waals surface area (Å²) in [7, 11) is 0. The van der Waals surface area contributed by atoms with E-state index >= 15 is 0 Å². The first-order chi connectivity index (χ1) is 12.0. The topological polar surface area (TPSA) is 61.8 Å². The van der Waals surface area contributed by atoms with E-state index in [2.05, 4.69) is 11.6 Å². The number of allylic oxidation sites excluding steroid dienone is 1. The van der Waals surface area contributed by atoms with Crippen molar-refractivity contribution in [3.8, 4) is 5.69 Å². The van der Waals surface area contributed by atoms with Crippen LogP contribution >= 0.6 is 0 Å². The predicted octanol–water partition coefficient (Wildman–Crippen LogP) is 2.50. The summed E-state index contributed by atoms with van der Waals surface area (Å²) in [5.74, 6) is 0.170. The standard InChI is InChI=1S/C19H22N4O2/c1-5-10-21-12-20-17-16(21)18(24)22(11-13(2)3)19(25)23(17)15-9-7-6-8-14(15)4/h5-9,12-13H,1,10-11H2,2-4H3. The lowest BCUT2D eigenvalue weighted by molar-refractivity contribution is 0.489. The van der Waals surface area contributed by atoms with Crippen molar-refractivity contribution < 1.29 is 0 Å². The number of benzene rings is 1. The summed E-state index contributed by atoms with van der Waals surface area (Å²) in [4.78, 5) is 30.4. The molecule has 2 aromatic heterocycles. The van der Waals surface area contributed by atoms with Gasteiger partial charge >= 0.3 is 5.69 Å². The van der Waals surface area contributed by atoms with Gasteiger partial charge in [-0.1, -0.05) is 38.1 Å². The van der Waals surface area contributed by atoms with Crippen molar-refractivity contribution in [1.29, 1.82) is 0 Å². The van der Waals surface area contributed by atoms with Crippen molar-refractivity contribution in [3.05, 3.63) is 69.6 Å². The highest BCUT2D eigenvalue weighted by Crippen LogP contribution is 2.16. The van der Waals surface area contributed by atoms with Gasteiger partial charge in [0.05, 0.1) is 12.0 Å². The molecule has 25 heavy (non-hydrogen) atoms. The van der Waals surface area contributed by atoms with Gasteiger partial charge in [0, 0.05) is 13.1 Å². The van der Waals surface area contributed by atoms with Gasteiger partial charge in [-0.2, -0.15) is 0 Å². The summed E-state index contributed by atoms with van der Waals surface area (Å²) < 4.78 is 4.57. The van der Waals surface area contributed by atoms with Crippen LogP contribution in [0.1, 0.15) is 19.4 Å². The summed E-state index contributed by atoms with van der Waals surface area (Å²) in [6, 6.07) is 7.60. The van der Waals surface area contributed by atoms with Crippen LogP contribution in [0.2, 0.25) is 0 Å². The van der Waals surface area contributed by atoms with E-state index in [1.54, 1.807) is 17.0 Å². The Morgan fingerprint density at radius 3 is 2.60 bits per heavy atom. The summed E-state index contributed by atoms with van der Waals surface area (Å²) in [6.45, 7) is 10.4. The maximum Gasteiger partial charge on any atom is 0.337 e. The second-order valence-electron chi connectivity index (χ2n) is 6.57. The van der Waals surface area contributed by atoms with E-state index in [1.165, 1.54) is 9.13 Å². The van der Waals surface area contributed by atoms with Crippen LogP contribution in [0.3, 0.4) is 0 Å². The zero-order chi connectivity index (χ0) is 18.1. The molecule has 0 aliphatic carbocycles. The zero-order valence-electron chi connectivity index (χ0n) is 14.8. The normalized spacial score (nSPS) is 11.4. The van der Waals surface area contributed by atoms with Crippen LogP contribution in [0.25, 0.3) is 16.9 Å². The van der Waals surface area contributed by atoms with Crippen LogP contribution in [-0.4, -0.2) is 18.7 Å². The third-order valence-corrected chi connectivity index (χ3v) is 4.13. The molecule has 0 amide bonds. The first-order valence-electron chi connectivity index (χ1n) is 8.33. The smallest absolute Gasteiger partial charge is 0.321 e. The van der Waals surface area contributed by atoms with Crippen molar-refractivity contribution in [2.24, 2.45) is 5.92 Å². The summed E-state index contributed by atoms with van der Waals surface area (Å²) in [5.41, 5.74) is 1.81. The average Bonchev–Trinajstić information content (AvgIpc) is 2.97. The minimum Gasteiger partial charge on any atom is -0.321 e.